The number of methoxy groups -OCH3 is 3. The van der Waals surface area contributed by atoms with E-state index in [2.05, 4.69) is 10.5 Å². The summed E-state index contributed by atoms with van der Waals surface area (Å²) in [6, 6.07) is 17.9. The molecule has 34 heavy (non-hydrogen) atoms. The van der Waals surface area contributed by atoms with Crippen LogP contribution in [0.25, 0.3) is 0 Å². The number of hydrazone groups is 1. The van der Waals surface area contributed by atoms with Crippen LogP contribution in [0, 0.1) is 0 Å². The van der Waals surface area contributed by atoms with Crippen LogP contribution >= 0.6 is 0 Å². The first-order chi connectivity index (χ1) is 16.4. The third-order valence-corrected chi connectivity index (χ3v) is 5.95. The minimum Gasteiger partial charge on any atom is -0.497 e. The molecule has 1 N–H and O–H groups in total. The zero-order valence-corrected chi connectivity index (χ0v) is 19.7. The summed E-state index contributed by atoms with van der Waals surface area (Å²) in [5.74, 6) is 0.766. The first-order valence-electron chi connectivity index (χ1n) is 10.1. The van der Waals surface area contributed by atoms with Gasteiger partial charge in [-0.25, -0.2) is 5.43 Å². The molecule has 0 fully saturated rings. The largest absolute Gasteiger partial charge is 0.497 e. The van der Waals surface area contributed by atoms with E-state index in [1.165, 1.54) is 51.8 Å². The summed E-state index contributed by atoms with van der Waals surface area (Å²) in [4.78, 5) is 12.1. The molecule has 0 aromatic heterocycles. The van der Waals surface area contributed by atoms with Crippen molar-refractivity contribution in [3.8, 4) is 23.0 Å². The highest BCUT2D eigenvalue weighted by Gasteiger charge is 2.25. The maximum Gasteiger partial charge on any atom is 0.340 e. The molecule has 0 radical (unpaired) electrons. The number of ether oxygens (including phenoxy) is 3. The van der Waals surface area contributed by atoms with Gasteiger partial charge in [0.25, 0.3) is 0 Å². The molecule has 3 aromatic carbocycles. The highest BCUT2D eigenvalue weighted by atomic mass is 32.2. The van der Waals surface area contributed by atoms with Gasteiger partial charge in [0.1, 0.15) is 16.4 Å². The van der Waals surface area contributed by atoms with E-state index in [9.17, 15) is 13.2 Å². The summed E-state index contributed by atoms with van der Waals surface area (Å²) >= 11 is 0. The Labute approximate surface area is 198 Å². The minimum absolute atomic E-state index is 0.0477. The van der Waals surface area contributed by atoms with Crippen LogP contribution in [0.2, 0.25) is 0 Å². The lowest BCUT2D eigenvalue weighted by Crippen LogP contribution is -2.20. The molecule has 10 heteroatoms. The summed E-state index contributed by atoms with van der Waals surface area (Å²) in [5, 5.41) is 3.93. The molecule has 178 valence electrons. The Morgan fingerprint density at radius 1 is 0.912 bits per heavy atom. The van der Waals surface area contributed by atoms with Gasteiger partial charge in [-0.1, -0.05) is 30.3 Å². The zero-order valence-electron chi connectivity index (χ0n) is 18.8. The third kappa shape index (κ3) is 6.04. The van der Waals surface area contributed by atoms with Gasteiger partial charge in [0.05, 0.1) is 39.5 Å². The van der Waals surface area contributed by atoms with E-state index in [-0.39, 0.29) is 34.1 Å². The smallest absolute Gasteiger partial charge is 0.340 e. The standard InChI is InChI=1S/C24H24N2O7S/c1-30-19-11-7-8-17(14-19)15-23(27)26-25-16-20-22(13-12-21(31-2)24(20)32-3)34(28,29)33-18-9-5-4-6-10-18/h4-14,16H,15H2,1-3H3,(H,26,27)/b25-16+. The maximum atomic E-state index is 13.0. The van der Waals surface area contributed by atoms with Crippen molar-refractivity contribution < 1.29 is 31.6 Å². The van der Waals surface area contributed by atoms with E-state index in [1.807, 2.05) is 0 Å². The van der Waals surface area contributed by atoms with Crippen molar-refractivity contribution in [3.63, 3.8) is 0 Å². The molecule has 0 saturated heterocycles. The van der Waals surface area contributed by atoms with Crippen LogP contribution in [0.5, 0.6) is 23.0 Å². The molecular formula is C24H24N2O7S. The molecule has 1 amide bonds. The SMILES string of the molecule is COc1cccc(CC(=O)N/N=C/c2c(S(=O)(=O)Oc3ccccc3)ccc(OC)c2OC)c1. The van der Waals surface area contributed by atoms with Gasteiger partial charge in [0, 0.05) is 0 Å². The molecule has 0 unspecified atom stereocenters. The number of amides is 1. The second kappa shape index (κ2) is 11.2. The molecule has 0 heterocycles. The molecule has 0 atom stereocenters. The number of para-hydroxylation sites is 1. The fraction of sp³-hybridized carbons (Fsp3) is 0.167. The molecule has 0 aliphatic carbocycles. The van der Waals surface area contributed by atoms with Gasteiger partial charge >= 0.3 is 10.1 Å². The molecule has 0 saturated carbocycles. The monoisotopic (exact) mass is 484 g/mol. The Balaban J connectivity index is 1.87. The van der Waals surface area contributed by atoms with Gasteiger partial charge in [-0.2, -0.15) is 13.5 Å². The molecule has 9 nitrogen and oxygen atoms in total. The first kappa shape index (κ1) is 24.6. The van der Waals surface area contributed by atoms with Gasteiger partial charge in [-0.15, -0.1) is 0 Å². The number of hydrogen-bond donors (Lipinski definition) is 1. The van der Waals surface area contributed by atoms with Gasteiger partial charge in [-0.05, 0) is 42.0 Å². The van der Waals surface area contributed by atoms with Crippen molar-refractivity contribution in [1.82, 2.24) is 5.43 Å². The van der Waals surface area contributed by atoms with Crippen LogP contribution in [-0.2, 0) is 21.3 Å². The Hall–Kier alpha value is -4.05. The van der Waals surface area contributed by atoms with Crippen LogP contribution < -0.4 is 23.8 Å². The van der Waals surface area contributed by atoms with Crippen molar-refractivity contribution in [2.45, 2.75) is 11.3 Å². The number of nitrogens with one attached hydrogen (secondary N) is 1. The predicted molar refractivity (Wildman–Crippen MR) is 126 cm³/mol. The summed E-state index contributed by atoms with van der Waals surface area (Å²) in [6.45, 7) is 0. The van der Waals surface area contributed by atoms with Gasteiger partial charge in [0.15, 0.2) is 11.5 Å². The summed E-state index contributed by atoms with van der Waals surface area (Å²) in [6.07, 6.45) is 1.22. The van der Waals surface area contributed by atoms with E-state index >= 15 is 0 Å². The van der Waals surface area contributed by atoms with E-state index in [0.29, 0.717) is 5.75 Å². The molecule has 3 rings (SSSR count). The van der Waals surface area contributed by atoms with Gasteiger partial charge in [0.2, 0.25) is 5.91 Å². The quantitative estimate of drug-likeness (QED) is 0.267. The minimum atomic E-state index is -4.26. The van der Waals surface area contributed by atoms with Crippen LogP contribution in [0.1, 0.15) is 11.1 Å². The van der Waals surface area contributed by atoms with Crippen LogP contribution in [0.4, 0.5) is 0 Å². The second-order valence-corrected chi connectivity index (χ2v) is 8.40. The van der Waals surface area contributed by atoms with E-state index < -0.39 is 16.0 Å². The van der Waals surface area contributed by atoms with Crippen molar-refractivity contribution in [2.75, 3.05) is 21.3 Å². The zero-order chi connectivity index (χ0) is 24.6. The van der Waals surface area contributed by atoms with Gasteiger partial charge < -0.3 is 18.4 Å². The Morgan fingerprint density at radius 2 is 1.65 bits per heavy atom. The highest BCUT2D eigenvalue weighted by molar-refractivity contribution is 7.87. The topological polar surface area (TPSA) is 113 Å². The van der Waals surface area contributed by atoms with Gasteiger partial charge in [-0.3, -0.25) is 4.79 Å². The van der Waals surface area contributed by atoms with E-state index in [4.69, 9.17) is 18.4 Å². The lowest BCUT2D eigenvalue weighted by Gasteiger charge is -2.15. The van der Waals surface area contributed by atoms with Crippen LogP contribution in [-0.4, -0.2) is 41.9 Å². The Morgan fingerprint density at radius 3 is 2.32 bits per heavy atom. The lowest BCUT2D eigenvalue weighted by atomic mass is 10.1. The summed E-state index contributed by atoms with van der Waals surface area (Å²) in [5.41, 5.74) is 3.17. The molecule has 0 bridgehead atoms. The highest BCUT2D eigenvalue weighted by Crippen LogP contribution is 2.35. The molecular weight excluding hydrogens is 460 g/mol. The fourth-order valence-corrected chi connectivity index (χ4v) is 4.20. The second-order valence-electron chi connectivity index (χ2n) is 6.88. The molecule has 0 spiro atoms. The number of carbonyl (C=O) groups is 1. The summed E-state index contributed by atoms with van der Waals surface area (Å²) in [7, 11) is 0.0640. The maximum absolute atomic E-state index is 13.0. The van der Waals surface area contributed by atoms with E-state index in [1.54, 1.807) is 42.5 Å². The number of hydrogen-bond acceptors (Lipinski definition) is 8. The number of rotatable bonds is 10. The average Bonchev–Trinajstić information content (AvgIpc) is 2.83. The Kier molecular flexibility index (Phi) is 8.10. The number of carbonyl (C=O) groups excluding carboxylic acids is 1. The lowest BCUT2D eigenvalue weighted by molar-refractivity contribution is -0.120. The Bertz CT molecular complexity index is 1280. The van der Waals surface area contributed by atoms with Crippen LogP contribution in [0.3, 0.4) is 0 Å². The van der Waals surface area contributed by atoms with Crippen molar-refractivity contribution in [3.05, 3.63) is 77.9 Å². The summed E-state index contributed by atoms with van der Waals surface area (Å²) < 4.78 is 47.1. The predicted octanol–water partition coefficient (Wildman–Crippen LogP) is 3.17. The van der Waals surface area contributed by atoms with Crippen molar-refractivity contribution in [2.24, 2.45) is 5.10 Å². The molecule has 3 aromatic rings. The van der Waals surface area contributed by atoms with Crippen molar-refractivity contribution in [1.29, 1.82) is 0 Å². The average molecular weight is 485 g/mol. The number of benzene rings is 3. The van der Waals surface area contributed by atoms with Crippen molar-refractivity contribution >= 4 is 22.2 Å². The fourth-order valence-electron chi connectivity index (χ4n) is 3.10. The number of nitrogens with zero attached hydrogens (tertiary/aromatic N) is 1. The first-order valence-corrected chi connectivity index (χ1v) is 11.5. The third-order valence-electron chi connectivity index (χ3n) is 4.64. The molecule has 0 aliphatic heterocycles. The van der Waals surface area contributed by atoms with E-state index in [0.717, 1.165) is 5.56 Å². The molecule has 0 aliphatic rings. The van der Waals surface area contributed by atoms with Crippen LogP contribution in [0.15, 0.2) is 76.7 Å². The normalized spacial score (nSPS) is 11.1.